The molecule has 0 bridgehead atoms. The summed E-state index contributed by atoms with van der Waals surface area (Å²) in [6.45, 7) is 2.09. The molecule has 6 heteroatoms. The number of carbonyl (C=O) groups is 1. The SMILES string of the molecule is COc1ccc(CCNC(=O)N2C[C@@H]3CC[C@]3(N)C2)cn1. The third-order valence-electron chi connectivity index (χ3n) is 4.68. The molecule has 0 aromatic carbocycles. The first-order chi connectivity index (χ1) is 10.1. The van der Waals surface area contributed by atoms with Gasteiger partial charge in [0, 0.05) is 37.4 Å². The van der Waals surface area contributed by atoms with Crippen molar-refractivity contribution in [1.29, 1.82) is 0 Å². The van der Waals surface area contributed by atoms with Crippen LogP contribution in [0.4, 0.5) is 4.79 Å². The van der Waals surface area contributed by atoms with Crippen LogP contribution in [0.5, 0.6) is 5.88 Å². The number of carbonyl (C=O) groups excluding carboxylic acids is 1. The van der Waals surface area contributed by atoms with Crippen LogP contribution in [0, 0.1) is 5.92 Å². The highest BCUT2D eigenvalue weighted by Crippen LogP contribution is 2.42. The van der Waals surface area contributed by atoms with Crippen molar-refractivity contribution in [1.82, 2.24) is 15.2 Å². The molecule has 2 fully saturated rings. The first-order valence-electron chi connectivity index (χ1n) is 7.41. The summed E-state index contributed by atoms with van der Waals surface area (Å²) in [6.07, 6.45) is 4.72. The Labute approximate surface area is 124 Å². The highest BCUT2D eigenvalue weighted by molar-refractivity contribution is 5.74. The van der Waals surface area contributed by atoms with Gasteiger partial charge >= 0.3 is 6.03 Å². The van der Waals surface area contributed by atoms with E-state index in [-0.39, 0.29) is 11.6 Å². The number of hydrogen-bond donors (Lipinski definition) is 2. The Morgan fingerprint density at radius 3 is 3.00 bits per heavy atom. The highest BCUT2D eigenvalue weighted by atomic mass is 16.5. The lowest BCUT2D eigenvalue weighted by molar-refractivity contribution is 0.187. The van der Waals surface area contributed by atoms with Crippen LogP contribution < -0.4 is 15.8 Å². The summed E-state index contributed by atoms with van der Waals surface area (Å²) in [5.74, 6) is 1.10. The number of urea groups is 1. The fourth-order valence-electron chi connectivity index (χ4n) is 3.15. The Balaban J connectivity index is 1.43. The minimum atomic E-state index is -0.114. The molecule has 2 amide bonds. The summed E-state index contributed by atoms with van der Waals surface area (Å²) < 4.78 is 5.02. The minimum Gasteiger partial charge on any atom is -0.481 e. The lowest BCUT2D eigenvalue weighted by atomic mass is 9.70. The molecule has 1 saturated heterocycles. The van der Waals surface area contributed by atoms with E-state index in [1.807, 2.05) is 17.0 Å². The molecule has 2 heterocycles. The van der Waals surface area contributed by atoms with Crippen LogP contribution in [-0.4, -0.2) is 48.2 Å². The van der Waals surface area contributed by atoms with Crippen LogP contribution in [0.2, 0.25) is 0 Å². The van der Waals surface area contributed by atoms with Crippen molar-refractivity contribution in [2.45, 2.75) is 24.8 Å². The minimum absolute atomic E-state index is 0.00399. The maximum Gasteiger partial charge on any atom is 0.317 e. The topological polar surface area (TPSA) is 80.5 Å². The van der Waals surface area contributed by atoms with Crippen molar-refractivity contribution < 1.29 is 9.53 Å². The number of nitrogens with two attached hydrogens (primary N) is 1. The Bertz CT molecular complexity index is 519. The molecule has 0 unspecified atom stereocenters. The Morgan fingerprint density at radius 2 is 2.48 bits per heavy atom. The number of methoxy groups -OCH3 is 1. The molecule has 6 nitrogen and oxygen atoms in total. The quantitative estimate of drug-likeness (QED) is 0.858. The number of amides is 2. The zero-order valence-electron chi connectivity index (χ0n) is 12.3. The van der Waals surface area contributed by atoms with E-state index in [0.29, 0.717) is 24.9 Å². The summed E-state index contributed by atoms with van der Waals surface area (Å²) in [5.41, 5.74) is 7.20. The highest BCUT2D eigenvalue weighted by Gasteiger charge is 2.51. The summed E-state index contributed by atoms with van der Waals surface area (Å²) in [6, 6.07) is 3.78. The molecule has 3 N–H and O–H groups in total. The molecular weight excluding hydrogens is 268 g/mol. The number of hydrogen-bond acceptors (Lipinski definition) is 4. The monoisotopic (exact) mass is 290 g/mol. The lowest BCUT2D eigenvalue weighted by Crippen LogP contribution is -2.55. The summed E-state index contributed by atoms with van der Waals surface area (Å²) in [7, 11) is 1.59. The van der Waals surface area contributed by atoms with Crippen LogP contribution in [0.25, 0.3) is 0 Å². The average molecular weight is 290 g/mol. The molecule has 1 saturated carbocycles. The van der Waals surface area contributed by atoms with E-state index in [9.17, 15) is 4.79 Å². The number of rotatable bonds is 4. The first-order valence-corrected chi connectivity index (χ1v) is 7.41. The second kappa shape index (κ2) is 5.52. The van der Waals surface area contributed by atoms with Crippen LogP contribution in [0.1, 0.15) is 18.4 Å². The van der Waals surface area contributed by atoms with Gasteiger partial charge < -0.3 is 20.7 Å². The maximum atomic E-state index is 12.1. The zero-order valence-corrected chi connectivity index (χ0v) is 12.3. The normalized spacial score (nSPS) is 27.0. The molecule has 1 aromatic heterocycles. The van der Waals surface area contributed by atoms with E-state index in [2.05, 4.69) is 10.3 Å². The Hall–Kier alpha value is -1.82. The second-order valence-corrected chi connectivity index (χ2v) is 6.04. The number of ether oxygens (including phenoxy) is 1. The molecule has 3 rings (SSSR count). The second-order valence-electron chi connectivity index (χ2n) is 6.04. The van der Waals surface area contributed by atoms with E-state index in [1.165, 1.54) is 0 Å². The lowest BCUT2D eigenvalue weighted by Gasteiger charge is -2.39. The largest absolute Gasteiger partial charge is 0.481 e. The zero-order chi connectivity index (χ0) is 14.9. The number of likely N-dealkylation sites (tertiary alicyclic amines) is 1. The van der Waals surface area contributed by atoms with E-state index >= 15 is 0 Å². The van der Waals surface area contributed by atoms with Crippen molar-refractivity contribution in [2.24, 2.45) is 11.7 Å². The smallest absolute Gasteiger partial charge is 0.317 e. The molecule has 0 spiro atoms. The summed E-state index contributed by atoms with van der Waals surface area (Å²) in [5, 5.41) is 2.96. The van der Waals surface area contributed by atoms with Crippen molar-refractivity contribution >= 4 is 6.03 Å². The fraction of sp³-hybridized carbons (Fsp3) is 0.600. The number of fused-ring (bicyclic) bond motifs is 1. The van der Waals surface area contributed by atoms with E-state index in [1.54, 1.807) is 13.3 Å². The van der Waals surface area contributed by atoms with Crippen LogP contribution >= 0.6 is 0 Å². The van der Waals surface area contributed by atoms with Gasteiger partial charge in [0.15, 0.2) is 0 Å². The summed E-state index contributed by atoms with van der Waals surface area (Å²) >= 11 is 0. The van der Waals surface area contributed by atoms with Gasteiger partial charge in [-0.25, -0.2) is 9.78 Å². The Kier molecular flexibility index (Phi) is 3.71. The third-order valence-corrected chi connectivity index (χ3v) is 4.68. The van der Waals surface area contributed by atoms with Gasteiger partial charge in [-0.05, 0) is 30.7 Å². The van der Waals surface area contributed by atoms with Crippen LogP contribution in [0.3, 0.4) is 0 Å². The number of nitrogens with zero attached hydrogens (tertiary/aromatic N) is 2. The predicted molar refractivity (Wildman–Crippen MR) is 79.1 cm³/mol. The molecule has 1 aliphatic carbocycles. The molecule has 1 aliphatic heterocycles. The molecule has 1 aromatic rings. The summed E-state index contributed by atoms with van der Waals surface area (Å²) in [4.78, 5) is 18.1. The van der Waals surface area contributed by atoms with Crippen molar-refractivity contribution in [3.8, 4) is 5.88 Å². The number of aromatic nitrogens is 1. The van der Waals surface area contributed by atoms with Gasteiger partial charge in [-0.3, -0.25) is 0 Å². The fourth-order valence-corrected chi connectivity index (χ4v) is 3.15. The number of nitrogens with one attached hydrogen (secondary N) is 1. The van der Waals surface area contributed by atoms with E-state index < -0.39 is 0 Å². The van der Waals surface area contributed by atoms with Gasteiger partial charge in [-0.2, -0.15) is 0 Å². The van der Waals surface area contributed by atoms with Gasteiger partial charge in [0.05, 0.1) is 7.11 Å². The number of pyridine rings is 1. The van der Waals surface area contributed by atoms with Gasteiger partial charge in [0.2, 0.25) is 5.88 Å². The van der Waals surface area contributed by atoms with E-state index in [4.69, 9.17) is 10.5 Å². The van der Waals surface area contributed by atoms with Crippen molar-refractivity contribution in [3.05, 3.63) is 23.9 Å². The maximum absolute atomic E-state index is 12.1. The molecule has 21 heavy (non-hydrogen) atoms. The van der Waals surface area contributed by atoms with Gasteiger partial charge in [0.25, 0.3) is 0 Å². The predicted octanol–water partition coefficient (Wildman–Crippen LogP) is 0.765. The molecule has 0 radical (unpaired) electrons. The first kappa shape index (κ1) is 14.1. The standard InChI is InChI=1S/C15H22N4O2/c1-21-13-3-2-11(8-18-13)5-7-17-14(20)19-9-12-4-6-15(12,16)10-19/h2-3,8,12H,4-7,9-10,16H2,1H3,(H,17,20)/t12-,15-/m0/s1. The Morgan fingerprint density at radius 1 is 1.62 bits per heavy atom. The van der Waals surface area contributed by atoms with E-state index in [0.717, 1.165) is 31.4 Å². The van der Waals surface area contributed by atoms with Gasteiger partial charge in [-0.15, -0.1) is 0 Å². The molecule has 2 aliphatic rings. The van der Waals surface area contributed by atoms with Gasteiger partial charge in [-0.1, -0.05) is 6.07 Å². The molecule has 114 valence electrons. The van der Waals surface area contributed by atoms with Crippen molar-refractivity contribution in [2.75, 3.05) is 26.7 Å². The third kappa shape index (κ3) is 2.81. The van der Waals surface area contributed by atoms with Gasteiger partial charge in [0.1, 0.15) is 0 Å². The van der Waals surface area contributed by atoms with Crippen LogP contribution in [-0.2, 0) is 6.42 Å². The van der Waals surface area contributed by atoms with Crippen LogP contribution in [0.15, 0.2) is 18.3 Å². The molecule has 2 atom stereocenters. The van der Waals surface area contributed by atoms with Crippen molar-refractivity contribution in [3.63, 3.8) is 0 Å². The average Bonchev–Trinajstić information content (AvgIpc) is 2.72. The molecular formula is C15H22N4O2.